The van der Waals surface area contributed by atoms with Gasteiger partial charge < -0.3 is 19.9 Å². The van der Waals surface area contributed by atoms with Gasteiger partial charge in [-0.2, -0.15) is 0 Å². The molecule has 2 unspecified atom stereocenters. The monoisotopic (exact) mass is 313 g/mol. The lowest BCUT2D eigenvalue weighted by atomic mass is 10.2. The van der Waals surface area contributed by atoms with Crippen molar-refractivity contribution in [2.75, 3.05) is 0 Å². The molecule has 0 radical (unpaired) electrons. The summed E-state index contributed by atoms with van der Waals surface area (Å²) >= 11 is 0. The predicted molar refractivity (Wildman–Crippen MR) is 80.3 cm³/mol. The van der Waals surface area contributed by atoms with Crippen LogP contribution < -0.4 is 10.6 Å². The number of amidine groups is 1. The number of alkyl carbamates (subject to hydrolysis) is 1. The summed E-state index contributed by atoms with van der Waals surface area (Å²) in [7, 11) is 0. The van der Waals surface area contributed by atoms with E-state index in [-0.39, 0.29) is 6.02 Å². The number of carbonyl (C=O) groups is 2. The van der Waals surface area contributed by atoms with Crippen LogP contribution in [0.25, 0.3) is 0 Å². The van der Waals surface area contributed by atoms with Crippen LogP contribution in [0.3, 0.4) is 0 Å². The molecule has 1 heterocycles. The minimum atomic E-state index is -1.09. The summed E-state index contributed by atoms with van der Waals surface area (Å²) in [6, 6.07) is -0.292. The molecule has 2 atom stereocenters. The molecule has 124 valence electrons. The van der Waals surface area contributed by atoms with Gasteiger partial charge in [0, 0.05) is 5.70 Å². The molecule has 1 aliphatic rings. The van der Waals surface area contributed by atoms with Gasteiger partial charge in [-0.25, -0.2) is 14.6 Å². The van der Waals surface area contributed by atoms with E-state index in [1.165, 1.54) is 6.92 Å². The Morgan fingerprint density at radius 2 is 2.00 bits per heavy atom. The van der Waals surface area contributed by atoms with Gasteiger partial charge in [-0.15, -0.1) is 0 Å². The molecule has 0 aliphatic carbocycles. The average molecular weight is 313 g/mol. The quantitative estimate of drug-likeness (QED) is 0.730. The zero-order valence-corrected chi connectivity index (χ0v) is 13.7. The summed E-state index contributed by atoms with van der Waals surface area (Å²) in [5, 5.41) is 14.3. The molecule has 8 heteroatoms. The van der Waals surface area contributed by atoms with Gasteiger partial charge in [0.05, 0.1) is 11.7 Å². The fraction of sp³-hybridized carbons (Fsp3) is 0.643. The Morgan fingerprint density at radius 1 is 1.41 bits per heavy atom. The molecule has 0 aromatic heterocycles. The molecule has 8 nitrogen and oxygen atoms in total. The van der Waals surface area contributed by atoms with Gasteiger partial charge in [-0.1, -0.05) is 0 Å². The Kier molecular flexibility index (Phi) is 5.40. The van der Waals surface area contributed by atoms with E-state index in [0.29, 0.717) is 11.4 Å². The normalized spacial score (nSPS) is 19.7. The van der Waals surface area contributed by atoms with Crippen LogP contribution in [0.2, 0.25) is 0 Å². The maximum atomic E-state index is 11.8. The number of amides is 1. The largest absolute Gasteiger partial charge is 0.479 e. The second kappa shape index (κ2) is 6.67. The Labute approximate surface area is 129 Å². The molecule has 1 rings (SSSR count). The minimum absolute atomic E-state index is 0.106. The first-order valence-corrected chi connectivity index (χ1v) is 6.94. The molecule has 0 aromatic carbocycles. The van der Waals surface area contributed by atoms with Crippen LogP contribution in [-0.2, 0) is 14.3 Å². The molecule has 3 N–H and O–H groups in total. The summed E-state index contributed by atoms with van der Waals surface area (Å²) in [6.07, 6.45) is -1.60. The lowest BCUT2D eigenvalue weighted by Gasteiger charge is -2.26. The summed E-state index contributed by atoms with van der Waals surface area (Å²) < 4.78 is 10.4. The van der Waals surface area contributed by atoms with E-state index < -0.39 is 29.8 Å². The van der Waals surface area contributed by atoms with Crippen molar-refractivity contribution in [2.45, 2.75) is 59.3 Å². The highest BCUT2D eigenvalue weighted by Crippen LogP contribution is 2.15. The summed E-state index contributed by atoms with van der Waals surface area (Å²) in [5.41, 5.74) is 0.559. The van der Waals surface area contributed by atoms with E-state index in [1.54, 1.807) is 34.6 Å². The van der Waals surface area contributed by atoms with Crippen LogP contribution in [-0.4, -0.2) is 40.9 Å². The minimum Gasteiger partial charge on any atom is -0.479 e. The number of nitrogens with zero attached hydrogens (tertiary/aromatic N) is 1. The molecule has 1 amide bonds. The van der Waals surface area contributed by atoms with Crippen molar-refractivity contribution in [1.29, 1.82) is 0 Å². The van der Waals surface area contributed by atoms with E-state index in [4.69, 9.17) is 14.6 Å². The molecule has 0 spiro atoms. The van der Waals surface area contributed by atoms with Crippen molar-refractivity contribution in [3.05, 3.63) is 11.4 Å². The highest BCUT2D eigenvalue weighted by atomic mass is 16.6. The Morgan fingerprint density at radius 3 is 2.45 bits per heavy atom. The van der Waals surface area contributed by atoms with Crippen LogP contribution in [0.1, 0.15) is 41.5 Å². The zero-order valence-electron chi connectivity index (χ0n) is 13.7. The van der Waals surface area contributed by atoms with Crippen molar-refractivity contribution in [2.24, 2.45) is 4.99 Å². The van der Waals surface area contributed by atoms with Crippen LogP contribution in [0.15, 0.2) is 16.4 Å². The molecule has 1 aliphatic heterocycles. The SMILES string of the molecule is CC1=C(NC(=O)OC(C)(C)C)C(C)N=C(OC(C)C(=O)O)N1. The second-order valence-electron chi connectivity index (χ2n) is 6.00. The number of aliphatic imine (C=N–C) groups is 1. The van der Waals surface area contributed by atoms with Gasteiger partial charge in [-0.05, 0) is 41.5 Å². The summed E-state index contributed by atoms with van der Waals surface area (Å²) in [5.74, 6) is -1.09. The number of rotatable bonds is 3. The third kappa shape index (κ3) is 5.27. The van der Waals surface area contributed by atoms with Gasteiger partial charge in [-0.3, -0.25) is 5.32 Å². The number of allylic oxidation sites excluding steroid dienone is 1. The highest BCUT2D eigenvalue weighted by molar-refractivity contribution is 5.82. The lowest BCUT2D eigenvalue weighted by Crippen LogP contribution is -2.42. The van der Waals surface area contributed by atoms with Gasteiger partial charge in [0.2, 0.25) is 0 Å². The summed E-state index contributed by atoms with van der Waals surface area (Å²) in [4.78, 5) is 26.8. The Bertz CT molecular complexity index is 519. The molecule has 0 saturated carbocycles. The van der Waals surface area contributed by atoms with E-state index in [0.717, 1.165) is 0 Å². The smallest absolute Gasteiger partial charge is 0.412 e. The van der Waals surface area contributed by atoms with Crippen molar-refractivity contribution in [3.8, 4) is 0 Å². The predicted octanol–water partition coefficient (Wildman–Crippen LogP) is 1.58. The Hall–Kier alpha value is -2.25. The number of carbonyl (C=O) groups excluding carboxylic acids is 1. The maximum Gasteiger partial charge on any atom is 0.412 e. The average Bonchev–Trinajstić information content (AvgIpc) is 2.31. The van der Waals surface area contributed by atoms with Crippen LogP contribution in [0, 0.1) is 0 Å². The number of carboxylic acid groups (broad SMARTS) is 1. The van der Waals surface area contributed by atoms with Crippen molar-refractivity contribution in [3.63, 3.8) is 0 Å². The van der Waals surface area contributed by atoms with Crippen LogP contribution in [0.4, 0.5) is 4.79 Å². The molecule has 0 aromatic rings. The van der Waals surface area contributed by atoms with Gasteiger partial charge in [0.25, 0.3) is 6.02 Å². The zero-order chi connectivity index (χ0) is 17.1. The molecule has 0 bridgehead atoms. The molecule has 22 heavy (non-hydrogen) atoms. The standard InChI is InChI=1S/C14H23N3O5/c1-7-10(17-13(20)22-14(4,5)6)8(2)16-12(15-7)21-9(3)11(18)19/h7,9H,1-6H3,(H,15,16)(H,17,20)(H,18,19). The number of nitrogens with one attached hydrogen (secondary N) is 2. The number of hydrogen-bond donors (Lipinski definition) is 3. The van der Waals surface area contributed by atoms with E-state index in [2.05, 4.69) is 15.6 Å². The van der Waals surface area contributed by atoms with Gasteiger partial charge in [0.15, 0.2) is 6.10 Å². The third-order valence-electron chi connectivity index (χ3n) is 2.70. The van der Waals surface area contributed by atoms with Crippen LogP contribution >= 0.6 is 0 Å². The fourth-order valence-electron chi connectivity index (χ4n) is 1.70. The molecular formula is C14H23N3O5. The first-order valence-electron chi connectivity index (χ1n) is 6.94. The second-order valence-corrected chi connectivity index (χ2v) is 6.00. The topological polar surface area (TPSA) is 109 Å². The van der Waals surface area contributed by atoms with E-state index >= 15 is 0 Å². The number of carboxylic acids is 1. The molecule has 0 fully saturated rings. The third-order valence-corrected chi connectivity index (χ3v) is 2.70. The van der Waals surface area contributed by atoms with Crippen molar-refractivity contribution in [1.82, 2.24) is 10.6 Å². The number of hydrogen-bond acceptors (Lipinski definition) is 6. The van der Waals surface area contributed by atoms with Gasteiger partial charge >= 0.3 is 12.1 Å². The molecular weight excluding hydrogens is 290 g/mol. The first kappa shape index (κ1) is 17.8. The van der Waals surface area contributed by atoms with E-state index in [9.17, 15) is 9.59 Å². The van der Waals surface area contributed by atoms with Crippen LogP contribution in [0.5, 0.6) is 0 Å². The highest BCUT2D eigenvalue weighted by Gasteiger charge is 2.25. The maximum absolute atomic E-state index is 11.8. The fourth-order valence-corrected chi connectivity index (χ4v) is 1.70. The van der Waals surface area contributed by atoms with Gasteiger partial charge in [0.1, 0.15) is 5.60 Å². The number of aliphatic carboxylic acids is 1. The first-order chi connectivity index (χ1) is 9.99. The molecule has 0 saturated heterocycles. The van der Waals surface area contributed by atoms with Crippen molar-refractivity contribution < 1.29 is 24.2 Å². The van der Waals surface area contributed by atoms with Crippen molar-refractivity contribution >= 4 is 18.1 Å². The van der Waals surface area contributed by atoms with E-state index in [1.807, 2.05) is 0 Å². The lowest BCUT2D eigenvalue weighted by molar-refractivity contribution is -0.144. The number of ether oxygens (including phenoxy) is 2. The Balaban J connectivity index is 2.73. The summed E-state index contributed by atoms with van der Waals surface area (Å²) in [6.45, 7) is 10.2.